The summed E-state index contributed by atoms with van der Waals surface area (Å²) in [4.78, 5) is 0. The Hall–Kier alpha value is -0.460. The predicted molar refractivity (Wildman–Crippen MR) is 55.3 cm³/mol. The SMILES string of the molecule is C=CC(N)(CC)C(N)(N)C(C)(N)N. The molecule has 0 saturated carbocycles. The van der Waals surface area contributed by atoms with Crippen molar-refractivity contribution >= 4 is 0 Å². The van der Waals surface area contributed by atoms with Gasteiger partial charge in [-0.1, -0.05) is 13.0 Å². The second-order valence-electron chi connectivity index (χ2n) is 3.75. The van der Waals surface area contributed by atoms with Crippen molar-refractivity contribution in [3.05, 3.63) is 12.7 Å². The van der Waals surface area contributed by atoms with E-state index in [1.165, 1.54) is 13.0 Å². The monoisotopic (exact) mass is 187 g/mol. The lowest BCUT2D eigenvalue weighted by Crippen LogP contribution is -2.85. The quantitative estimate of drug-likeness (QED) is 0.271. The van der Waals surface area contributed by atoms with Gasteiger partial charge in [0.05, 0.1) is 11.2 Å². The Bertz CT molecular complexity index is 193. The second-order valence-corrected chi connectivity index (χ2v) is 3.75. The van der Waals surface area contributed by atoms with Gasteiger partial charge in [0.2, 0.25) is 0 Å². The zero-order chi connectivity index (χ0) is 10.9. The third kappa shape index (κ3) is 1.90. The summed E-state index contributed by atoms with van der Waals surface area (Å²) in [6, 6.07) is 0. The van der Waals surface area contributed by atoms with Gasteiger partial charge in [-0.25, -0.2) is 0 Å². The molecule has 13 heavy (non-hydrogen) atoms. The molecule has 0 fully saturated rings. The van der Waals surface area contributed by atoms with Crippen LogP contribution < -0.4 is 28.7 Å². The van der Waals surface area contributed by atoms with Crippen LogP contribution in [0.5, 0.6) is 0 Å². The van der Waals surface area contributed by atoms with E-state index >= 15 is 0 Å². The zero-order valence-corrected chi connectivity index (χ0v) is 8.38. The molecule has 5 nitrogen and oxygen atoms in total. The van der Waals surface area contributed by atoms with E-state index in [2.05, 4.69) is 6.58 Å². The summed E-state index contributed by atoms with van der Waals surface area (Å²) in [5.74, 6) is 0. The fourth-order valence-corrected chi connectivity index (χ4v) is 1.11. The van der Waals surface area contributed by atoms with Gasteiger partial charge in [0, 0.05) is 0 Å². The van der Waals surface area contributed by atoms with Crippen molar-refractivity contribution in [3.63, 3.8) is 0 Å². The fraction of sp³-hybridized carbons (Fsp3) is 0.750. The van der Waals surface area contributed by atoms with Crippen LogP contribution in [0.4, 0.5) is 0 Å². The standard InChI is InChI=1S/C8H21N5/c1-4-7(11,5-2)8(12,13)6(3,9)10/h4H,1,5,9-13H2,2-3H3. The smallest absolute Gasteiger partial charge is 0.117 e. The molecule has 0 aromatic rings. The first kappa shape index (κ1) is 12.5. The van der Waals surface area contributed by atoms with E-state index in [0.717, 1.165) is 0 Å². The van der Waals surface area contributed by atoms with Crippen molar-refractivity contribution in [1.82, 2.24) is 0 Å². The Kier molecular flexibility index (Phi) is 3.24. The van der Waals surface area contributed by atoms with Crippen LogP contribution in [0.2, 0.25) is 0 Å². The molecular formula is C8H21N5. The van der Waals surface area contributed by atoms with Gasteiger partial charge in [-0.2, -0.15) is 0 Å². The summed E-state index contributed by atoms with van der Waals surface area (Å²) >= 11 is 0. The molecule has 10 N–H and O–H groups in total. The zero-order valence-electron chi connectivity index (χ0n) is 8.38. The normalized spacial score (nSPS) is 18.1. The van der Waals surface area contributed by atoms with E-state index in [-0.39, 0.29) is 0 Å². The third-order valence-corrected chi connectivity index (χ3v) is 2.61. The van der Waals surface area contributed by atoms with Crippen LogP contribution in [0.25, 0.3) is 0 Å². The van der Waals surface area contributed by atoms with Gasteiger partial charge >= 0.3 is 0 Å². The van der Waals surface area contributed by atoms with Crippen molar-refractivity contribution in [2.45, 2.75) is 37.1 Å². The van der Waals surface area contributed by atoms with Crippen LogP contribution in [0.1, 0.15) is 20.3 Å². The number of nitrogens with two attached hydrogens (primary N) is 5. The second kappa shape index (κ2) is 3.36. The molecule has 0 aromatic heterocycles. The molecule has 0 aromatic carbocycles. The molecule has 1 atom stereocenters. The minimum atomic E-state index is -1.39. The first-order valence-corrected chi connectivity index (χ1v) is 4.20. The molecule has 0 amide bonds. The van der Waals surface area contributed by atoms with Gasteiger partial charge in [0.1, 0.15) is 5.66 Å². The summed E-state index contributed by atoms with van der Waals surface area (Å²) in [7, 11) is 0. The molecule has 78 valence electrons. The van der Waals surface area contributed by atoms with Crippen molar-refractivity contribution in [1.29, 1.82) is 0 Å². The molecule has 0 saturated heterocycles. The van der Waals surface area contributed by atoms with Gasteiger partial charge in [-0.05, 0) is 13.3 Å². The molecule has 0 aliphatic heterocycles. The highest BCUT2D eigenvalue weighted by molar-refractivity contribution is 5.19. The lowest BCUT2D eigenvalue weighted by atomic mass is 9.76. The van der Waals surface area contributed by atoms with Gasteiger partial charge in [-0.15, -0.1) is 6.58 Å². The maximum Gasteiger partial charge on any atom is 0.117 e. The van der Waals surface area contributed by atoms with E-state index in [0.29, 0.717) is 6.42 Å². The molecular weight excluding hydrogens is 166 g/mol. The van der Waals surface area contributed by atoms with Gasteiger partial charge < -0.3 is 28.7 Å². The molecule has 5 heteroatoms. The van der Waals surface area contributed by atoms with E-state index in [9.17, 15) is 0 Å². The van der Waals surface area contributed by atoms with Crippen LogP contribution in [0, 0.1) is 0 Å². The molecule has 0 aliphatic carbocycles. The molecule has 0 radical (unpaired) electrons. The van der Waals surface area contributed by atoms with Crippen molar-refractivity contribution in [2.24, 2.45) is 28.7 Å². The number of rotatable bonds is 4. The maximum absolute atomic E-state index is 5.93. The molecule has 0 heterocycles. The summed E-state index contributed by atoms with van der Waals surface area (Å²) in [6.07, 6.45) is 2.01. The van der Waals surface area contributed by atoms with Crippen molar-refractivity contribution in [3.8, 4) is 0 Å². The molecule has 0 bridgehead atoms. The van der Waals surface area contributed by atoms with E-state index in [1.807, 2.05) is 6.92 Å². The maximum atomic E-state index is 5.93. The summed E-state index contributed by atoms with van der Waals surface area (Å²) in [6.45, 7) is 6.97. The minimum Gasteiger partial charge on any atom is -0.319 e. The Morgan fingerprint density at radius 1 is 1.15 bits per heavy atom. The Balaban J connectivity index is 5.12. The Morgan fingerprint density at radius 2 is 1.54 bits per heavy atom. The summed E-state index contributed by atoms with van der Waals surface area (Å²) < 4.78 is 0. The van der Waals surface area contributed by atoms with Crippen molar-refractivity contribution < 1.29 is 0 Å². The summed E-state index contributed by atoms with van der Waals surface area (Å²) in [5, 5.41) is 0. The lowest BCUT2D eigenvalue weighted by Gasteiger charge is -2.48. The van der Waals surface area contributed by atoms with Crippen LogP contribution in [0.3, 0.4) is 0 Å². The molecule has 0 rings (SSSR count). The average Bonchev–Trinajstić information content (AvgIpc) is 2.00. The predicted octanol–water partition coefficient (Wildman–Crippen LogP) is -1.47. The van der Waals surface area contributed by atoms with E-state index < -0.39 is 16.9 Å². The lowest BCUT2D eigenvalue weighted by molar-refractivity contribution is 0.158. The third-order valence-electron chi connectivity index (χ3n) is 2.61. The van der Waals surface area contributed by atoms with Crippen LogP contribution in [-0.2, 0) is 0 Å². The molecule has 0 spiro atoms. The van der Waals surface area contributed by atoms with Crippen LogP contribution in [-0.4, -0.2) is 16.9 Å². The van der Waals surface area contributed by atoms with Crippen LogP contribution in [0.15, 0.2) is 12.7 Å². The largest absolute Gasteiger partial charge is 0.319 e. The summed E-state index contributed by atoms with van der Waals surface area (Å²) in [5.41, 5.74) is 25.3. The topological polar surface area (TPSA) is 130 Å². The highest BCUT2D eigenvalue weighted by Crippen LogP contribution is 2.23. The van der Waals surface area contributed by atoms with Gasteiger partial charge in [0.25, 0.3) is 0 Å². The number of hydrogen-bond donors (Lipinski definition) is 5. The van der Waals surface area contributed by atoms with Gasteiger partial charge in [-0.3, -0.25) is 0 Å². The Morgan fingerprint density at radius 3 is 1.62 bits per heavy atom. The first-order chi connectivity index (χ1) is 5.62. The van der Waals surface area contributed by atoms with Crippen molar-refractivity contribution in [2.75, 3.05) is 0 Å². The highest BCUT2D eigenvalue weighted by Gasteiger charge is 2.49. The fourth-order valence-electron chi connectivity index (χ4n) is 1.11. The van der Waals surface area contributed by atoms with Gasteiger partial charge in [0.15, 0.2) is 0 Å². The molecule has 0 aliphatic rings. The average molecular weight is 187 g/mol. The Labute approximate surface area is 79.3 Å². The van der Waals surface area contributed by atoms with E-state index in [1.54, 1.807) is 0 Å². The van der Waals surface area contributed by atoms with E-state index in [4.69, 9.17) is 28.7 Å². The highest BCUT2D eigenvalue weighted by atomic mass is 15.2. The first-order valence-electron chi connectivity index (χ1n) is 4.20. The number of hydrogen-bond acceptors (Lipinski definition) is 5. The minimum absolute atomic E-state index is 0.521. The van der Waals surface area contributed by atoms with Crippen LogP contribution >= 0.6 is 0 Å². The molecule has 1 unspecified atom stereocenters.